The molecule has 0 atom stereocenters. The number of hydrogen-bond donors (Lipinski definition) is 0. The van der Waals surface area contributed by atoms with Gasteiger partial charge in [0, 0.05) is 0 Å². The summed E-state index contributed by atoms with van der Waals surface area (Å²) in [6.45, 7) is 7.50. The molecule has 0 spiro atoms. The fourth-order valence-electron chi connectivity index (χ4n) is 5.56. The van der Waals surface area contributed by atoms with Crippen molar-refractivity contribution in [2.24, 2.45) is 0 Å². The molecule has 1 aliphatic rings. The zero-order chi connectivity index (χ0) is 26.1. The Hall–Kier alpha value is -3.66. The zero-order valence-corrected chi connectivity index (χ0v) is 24.0. The van der Waals surface area contributed by atoms with Crippen LogP contribution in [0.2, 0.25) is 19.6 Å². The molecule has 184 valence electrons. The van der Waals surface area contributed by atoms with Gasteiger partial charge in [-0.2, -0.15) is 11.3 Å². The molecule has 0 saturated carbocycles. The number of rotatable bonds is 6. The maximum absolute atomic E-state index is 2.45. The second kappa shape index (κ2) is 10.2. The topological polar surface area (TPSA) is 0 Å². The molecule has 1 aromatic heterocycles. The summed E-state index contributed by atoms with van der Waals surface area (Å²) in [4.78, 5) is 0. The Bertz CT molecular complexity index is 1510. The molecule has 0 unspecified atom stereocenters. The van der Waals surface area contributed by atoms with Crippen LogP contribution in [0.5, 0.6) is 0 Å². The Kier molecular flexibility index (Phi) is 6.65. The van der Waals surface area contributed by atoms with Crippen molar-refractivity contribution in [1.29, 1.82) is 0 Å². The Morgan fingerprint density at radius 1 is 0.447 bits per heavy atom. The lowest BCUT2D eigenvalue weighted by molar-refractivity contribution is 1.58. The van der Waals surface area contributed by atoms with E-state index in [2.05, 4.69) is 153 Å². The fourth-order valence-corrected chi connectivity index (χ4v) is 8.61. The van der Waals surface area contributed by atoms with Gasteiger partial charge >= 0.3 is 0 Å². The highest BCUT2D eigenvalue weighted by molar-refractivity contribution is 7.37. The molecule has 0 aliphatic carbocycles. The summed E-state index contributed by atoms with van der Waals surface area (Å²) >= 11 is 2.02. The highest BCUT2D eigenvalue weighted by Crippen LogP contribution is 2.50. The number of thiophene rings is 1. The number of allylic oxidation sites excluding steroid dienone is 2. The maximum atomic E-state index is 2.45. The molecule has 5 aromatic rings. The first-order chi connectivity index (χ1) is 18.5. The van der Waals surface area contributed by atoms with E-state index in [4.69, 9.17) is 0 Å². The van der Waals surface area contributed by atoms with Gasteiger partial charge in [0.05, 0.1) is 8.07 Å². The third-order valence-corrected chi connectivity index (χ3v) is 12.1. The summed E-state index contributed by atoms with van der Waals surface area (Å²) in [6, 6.07) is 48.9. The molecule has 0 nitrogen and oxygen atoms in total. The molecule has 4 aromatic carbocycles. The predicted octanol–water partition coefficient (Wildman–Crippen LogP) is 8.31. The number of hydrogen-bond acceptors (Lipinski definition) is 1. The molecular weight excluding hydrogens is 491 g/mol. The van der Waals surface area contributed by atoms with Gasteiger partial charge in [-0.05, 0) is 42.7 Å². The minimum absolute atomic E-state index is 0.153. The first kappa shape index (κ1) is 24.7. The summed E-state index contributed by atoms with van der Waals surface area (Å²) in [7, 11) is -1.44. The van der Waals surface area contributed by atoms with Crippen LogP contribution in [-0.2, 0) is 0 Å². The Morgan fingerprint density at radius 2 is 0.816 bits per heavy atom. The van der Waals surface area contributed by atoms with Gasteiger partial charge in [-0.3, -0.25) is 0 Å². The van der Waals surface area contributed by atoms with Crippen LogP contribution in [0.3, 0.4) is 0 Å². The van der Waals surface area contributed by atoms with E-state index in [9.17, 15) is 0 Å². The SMILES string of the molecule is C[Si](C)(C)c1ccc(B2C(c3ccccc3)=C(c3ccccc3)C(c3ccccc3)=C2c2ccccc2)s1. The van der Waals surface area contributed by atoms with E-state index in [1.165, 1.54) is 49.1 Å². The van der Waals surface area contributed by atoms with Crippen LogP contribution >= 0.6 is 11.3 Å². The van der Waals surface area contributed by atoms with Crippen LogP contribution in [0.15, 0.2) is 133 Å². The van der Waals surface area contributed by atoms with Crippen molar-refractivity contribution in [3.8, 4) is 0 Å². The van der Waals surface area contributed by atoms with E-state index in [0.29, 0.717) is 0 Å². The van der Waals surface area contributed by atoms with Crippen molar-refractivity contribution in [3.63, 3.8) is 0 Å². The van der Waals surface area contributed by atoms with Crippen molar-refractivity contribution in [3.05, 3.63) is 156 Å². The maximum Gasteiger partial charge on any atom is 0.256 e. The summed E-state index contributed by atoms with van der Waals surface area (Å²) in [6.07, 6.45) is 0. The van der Waals surface area contributed by atoms with Crippen LogP contribution in [0.25, 0.3) is 22.1 Å². The average Bonchev–Trinajstić information content (AvgIpc) is 3.59. The minimum atomic E-state index is -1.44. The third kappa shape index (κ3) is 4.57. The summed E-state index contributed by atoms with van der Waals surface area (Å²) in [5.74, 6) is 0. The molecule has 3 heteroatoms. The number of benzene rings is 4. The lowest BCUT2D eigenvalue weighted by atomic mass is 9.38. The molecule has 0 N–H and O–H groups in total. The lowest BCUT2D eigenvalue weighted by Crippen LogP contribution is -2.36. The van der Waals surface area contributed by atoms with E-state index >= 15 is 0 Å². The molecule has 38 heavy (non-hydrogen) atoms. The third-order valence-electron chi connectivity index (χ3n) is 7.31. The Balaban J connectivity index is 1.75. The van der Waals surface area contributed by atoms with Crippen molar-refractivity contribution in [1.82, 2.24) is 0 Å². The minimum Gasteiger partial charge on any atom is -0.159 e. The van der Waals surface area contributed by atoms with E-state index < -0.39 is 8.07 Å². The van der Waals surface area contributed by atoms with Gasteiger partial charge in [0.1, 0.15) is 0 Å². The molecule has 0 saturated heterocycles. The van der Waals surface area contributed by atoms with Crippen molar-refractivity contribution in [2.75, 3.05) is 0 Å². The monoisotopic (exact) mass is 522 g/mol. The van der Waals surface area contributed by atoms with E-state index in [-0.39, 0.29) is 6.71 Å². The zero-order valence-electron chi connectivity index (χ0n) is 22.2. The van der Waals surface area contributed by atoms with Gasteiger partial charge in [0.25, 0.3) is 6.71 Å². The van der Waals surface area contributed by atoms with Crippen LogP contribution in [0, 0.1) is 0 Å². The predicted molar refractivity (Wildman–Crippen MR) is 172 cm³/mol. The second-order valence-electron chi connectivity index (χ2n) is 10.9. The van der Waals surface area contributed by atoms with Gasteiger partial charge in [0.2, 0.25) is 0 Å². The van der Waals surface area contributed by atoms with Crippen LogP contribution in [0.4, 0.5) is 0 Å². The van der Waals surface area contributed by atoms with Gasteiger partial charge < -0.3 is 0 Å². The van der Waals surface area contributed by atoms with E-state index in [0.717, 1.165) is 0 Å². The van der Waals surface area contributed by atoms with E-state index in [1.807, 2.05) is 11.3 Å². The fraction of sp³-hybridized carbons (Fsp3) is 0.0857. The largest absolute Gasteiger partial charge is 0.256 e. The van der Waals surface area contributed by atoms with Crippen LogP contribution in [0.1, 0.15) is 22.3 Å². The summed E-state index contributed by atoms with van der Waals surface area (Å²) < 4.78 is 2.99. The molecule has 6 rings (SSSR count). The average molecular weight is 523 g/mol. The van der Waals surface area contributed by atoms with Gasteiger partial charge in [-0.25, -0.2) is 0 Å². The lowest BCUT2D eigenvalue weighted by Gasteiger charge is -2.18. The standard InChI is InChI=1S/C35H31BSSi/c1-38(2,3)31-25-24-30(37-31)36-34(28-20-12-6-13-21-28)32(26-16-8-4-9-17-26)33(27-18-10-5-11-19-27)35(36)29-22-14-7-15-23-29/h4-25H,1-3H3. The van der Waals surface area contributed by atoms with Crippen molar-refractivity contribution in [2.45, 2.75) is 19.6 Å². The van der Waals surface area contributed by atoms with Crippen molar-refractivity contribution < 1.29 is 0 Å². The Labute approximate surface area is 232 Å². The van der Waals surface area contributed by atoms with Gasteiger partial charge in [-0.1, -0.05) is 164 Å². The quantitative estimate of drug-likeness (QED) is 0.197. The molecule has 0 bridgehead atoms. The van der Waals surface area contributed by atoms with Gasteiger partial charge in [-0.15, -0.1) is 0 Å². The summed E-state index contributed by atoms with van der Waals surface area (Å²) in [5, 5.41) is 0. The first-order valence-electron chi connectivity index (χ1n) is 13.3. The highest BCUT2D eigenvalue weighted by Gasteiger charge is 2.41. The molecule has 2 heterocycles. The Morgan fingerprint density at radius 3 is 1.16 bits per heavy atom. The van der Waals surface area contributed by atoms with Crippen LogP contribution in [-0.4, -0.2) is 14.8 Å². The molecular formula is C35H31BSSi. The molecule has 0 amide bonds. The normalized spacial score (nSPS) is 13.9. The molecule has 0 fully saturated rings. The van der Waals surface area contributed by atoms with E-state index in [1.54, 1.807) is 4.50 Å². The highest BCUT2D eigenvalue weighted by atomic mass is 32.1. The molecule has 1 aliphatic heterocycles. The van der Waals surface area contributed by atoms with Gasteiger partial charge in [0.15, 0.2) is 0 Å². The smallest absolute Gasteiger partial charge is 0.159 e. The van der Waals surface area contributed by atoms with Crippen molar-refractivity contribution >= 4 is 57.5 Å². The summed E-state index contributed by atoms with van der Waals surface area (Å²) in [5.41, 5.74) is 10.6. The second-order valence-corrected chi connectivity index (χ2v) is 17.4. The first-order valence-corrected chi connectivity index (χ1v) is 17.6. The molecule has 0 radical (unpaired) electrons. The van der Waals surface area contributed by atoms with Crippen LogP contribution < -0.4 is 9.28 Å².